The van der Waals surface area contributed by atoms with Crippen LogP contribution in [0.4, 0.5) is 5.69 Å². The van der Waals surface area contributed by atoms with E-state index in [0.29, 0.717) is 0 Å². The number of morpholine rings is 1. The Balaban J connectivity index is 0.000000615. The quantitative estimate of drug-likeness (QED) is 0.806. The van der Waals surface area contributed by atoms with Crippen molar-refractivity contribution in [3.8, 4) is 0 Å². The Kier molecular flexibility index (Phi) is 9.97. The van der Waals surface area contributed by atoms with E-state index in [2.05, 4.69) is 41.0 Å². The first-order valence-electron chi connectivity index (χ1n) is 9.46. The van der Waals surface area contributed by atoms with Gasteiger partial charge in [-0.3, -0.25) is 4.90 Å². The highest BCUT2D eigenvalue weighted by atomic mass is 16.5. The molecular weight excluding hydrogens is 284 g/mol. The lowest BCUT2D eigenvalue weighted by Gasteiger charge is -2.40. The topological polar surface area (TPSA) is 15.7 Å². The molecule has 0 unspecified atom stereocenters. The lowest BCUT2D eigenvalue weighted by molar-refractivity contribution is 0.0115. The summed E-state index contributed by atoms with van der Waals surface area (Å²) in [5.41, 5.74) is 2.72. The SMILES string of the molecule is CC.CC.Cc1ccc(N2CCC(N3CCOCC3)CC2)cc1. The molecule has 3 rings (SSSR count). The Labute approximate surface area is 143 Å². The molecule has 0 aliphatic carbocycles. The van der Waals surface area contributed by atoms with E-state index in [4.69, 9.17) is 4.74 Å². The van der Waals surface area contributed by atoms with Crippen molar-refractivity contribution < 1.29 is 4.74 Å². The van der Waals surface area contributed by atoms with Crippen LogP contribution in [0.5, 0.6) is 0 Å². The van der Waals surface area contributed by atoms with Gasteiger partial charge in [0.05, 0.1) is 13.2 Å². The second kappa shape index (κ2) is 11.5. The Morgan fingerprint density at radius 2 is 1.35 bits per heavy atom. The summed E-state index contributed by atoms with van der Waals surface area (Å²) in [4.78, 5) is 5.15. The van der Waals surface area contributed by atoms with E-state index in [1.165, 1.54) is 37.2 Å². The lowest BCUT2D eigenvalue weighted by Crippen LogP contribution is -2.49. The fourth-order valence-corrected chi connectivity index (χ4v) is 3.19. The maximum atomic E-state index is 5.44. The summed E-state index contributed by atoms with van der Waals surface area (Å²) in [5, 5.41) is 0. The highest BCUT2D eigenvalue weighted by Crippen LogP contribution is 2.23. The summed E-state index contributed by atoms with van der Waals surface area (Å²) >= 11 is 0. The first-order valence-corrected chi connectivity index (χ1v) is 9.46. The highest BCUT2D eigenvalue weighted by molar-refractivity contribution is 5.47. The molecule has 2 aliphatic heterocycles. The van der Waals surface area contributed by atoms with Crippen LogP contribution in [0.25, 0.3) is 0 Å². The van der Waals surface area contributed by atoms with Gasteiger partial charge in [0.25, 0.3) is 0 Å². The molecule has 132 valence electrons. The Bertz CT molecular complexity index is 391. The van der Waals surface area contributed by atoms with Gasteiger partial charge in [0.2, 0.25) is 0 Å². The van der Waals surface area contributed by atoms with Crippen molar-refractivity contribution in [1.82, 2.24) is 4.90 Å². The molecule has 0 radical (unpaired) electrons. The first kappa shape index (κ1) is 20.0. The maximum absolute atomic E-state index is 5.44. The van der Waals surface area contributed by atoms with Gasteiger partial charge in [-0.15, -0.1) is 0 Å². The molecule has 3 nitrogen and oxygen atoms in total. The van der Waals surface area contributed by atoms with Crippen LogP contribution in [0.2, 0.25) is 0 Å². The second-order valence-electron chi connectivity index (χ2n) is 5.70. The summed E-state index contributed by atoms with van der Waals surface area (Å²) in [7, 11) is 0. The predicted molar refractivity (Wildman–Crippen MR) is 102 cm³/mol. The average molecular weight is 321 g/mol. The number of anilines is 1. The summed E-state index contributed by atoms with van der Waals surface area (Å²) in [6, 6.07) is 9.70. The van der Waals surface area contributed by atoms with Crippen molar-refractivity contribution in [2.75, 3.05) is 44.3 Å². The van der Waals surface area contributed by atoms with Crippen LogP contribution in [0.1, 0.15) is 46.1 Å². The first-order chi connectivity index (χ1) is 11.3. The van der Waals surface area contributed by atoms with Crippen LogP contribution in [-0.4, -0.2) is 50.3 Å². The average Bonchev–Trinajstić information content (AvgIpc) is 2.67. The monoisotopic (exact) mass is 320 g/mol. The molecule has 2 aliphatic rings. The minimum Gasteiger partial charge on any atom is -0.379 e. The Morgan fingerprint density at radius 3 is 1.87 bits per heavy atom. The molecule has 0 spiro atoms. The number of hydrogen-bond acceptors (Lipinski definition) is 3. The summed E-state index contributed by atoms with van der Waals surface area (Å²) < 4.78 is 5.44. The van der Waals surface area contributed by atoms with Crippen molar-refractivity contribution in [2.45, 2.75) is 53.5 Å². The molecule has 3 heteroatoms. The maximum Gasteiger partial charge on any atom is 0.0594 e. The minimum atomic E-state index is 0.769. The van der Waals surface area contributed by atoms with Crippen LogP contribution >= 0.6 is 0 Å². The van der Waals surface area contributed by atoms with Gasteiger partial charge in [-0.25, -0.2) is 0 Å². The van der Waals surface area contributed by atoms with Crippen molar-refractivity contribution >= 4 is 5.69 Å². The van der Waals surface area contributed by atoms with Gasteiger partial charge in [0.15, 0.2) is 0 Å². The summed E-state index contributed by atoms with van der Waals surface area (Å²) in [6.45, 7) is 16.6. The molecule has 23 heavy (non-hydrogen) atoms. The highest BCUT2D eigenvalue weighted by Gasteiger charge is 2.25. The van der Waals surface area contributed by atoms with Crippen LogP contribution in [-0.2, 0) is 4.74 Å². The second-order valence-corrected chi connectivity index (χ2v) is 5.70. The number of rotatable bonds is 2. The van der Waals surface area contributed by atoms with Gasteiger partial charge in [0.1, 0.15) is 0 Å². The van der Waals surface area contributed by atoms with E-state index in [-0.39, 0.29) is 0 Å². The largest absolute Gasteiger partial charge is 0.379 e. The van der Waals surface area contributed by atoms with Crippen LogP contribution < -0.4 is 4.90 Å². The fourth-order valence-electron chi connectivity index (χ4n) is 3.19. The molecule has 0 saturated carbocycles. The normalized spacial score (nSPS) is 19.3. The van der Waals surface area contributed by atoms with E-state index >= 15 is 0 Å². The number of ether oxygens (including phenoxy) is 1. The number of nitrogens with zero attached hydrogens (tertiary/aromatic N) is 2. The molecule has 0 atom stereocenters. The number of piperidine rings is 1. The van der Waals surface area contributed by atoms with Crippen LogP contribution in [0.3, 0.4) is 0 Å². The molecule has 2 fully saturated rings. The standard InChI is InChI=1S/C16H24N2O.2C2H6/c1-14-2-4-15(5-3-14)17-8-6-16(7-9-17)18-10-12-19-13-11-18;2*1-2/h2-5,16H,6-13H2,1H3;2*1-2H3. The van der Waals surface area contributed by atoms with Crippen LogP contribution in [0, 0.1) is 6.92 Å². The Morgan fingerprint density at radius 1 is 0.826 bits per heavy atom. The van der Waals surface area contributed by atoms with Gasteiger partial charge in [-0.2, -0.15) is 0 Å². The van der Waals surface area contributed by atoms with Gasteiger partial charge < -0.3 is 9.64 Å². The number of hydrogen-bond donors (Lipinski definition) is 0. The minimum absolute atomic E-state index is 0.769. The van der Waals surface area contributed by atoms with Crippen molar-refractivity contribution in [1.29, 1.82) is 0 Å². The molecular formula is C20H36N2O. The fraction of sp³-hybridized carbons (Fsp3) is 0.700. The van der Waals surface area contributed by atoms with Gasteiger partial charge >= 0.3 is 0 Å². The third-order valence-electron chi connectivity index (χ3n) is 4.43. The number of aryl methyl sites for hydroxylation is 1. The smallest absolute Gasteiger partial charge is 0.0594 e. The van der Waals surface area contributed by atoms with Gasteiger partial charge in [-0.1, -0.05) is 45.4 Å². The van der Waals surface area contributed by atoms with E-state index in [0.717, 1.165) is 32.3 Å². The van der Waals surface area contributed by atoms with E-state index in [1.54, 1.807) is 0 Å². The van der Waals surface area contributed by atoms with E-state index < -0.39 is 0 Å². The molecule has 0 bridgehead atoms. The molecule has 0 amide bonds. The van der Waals surface area contributed by atoms with E-state index in [9.17, 15) is 0 Å². The molecule has 0 N–H and O–H groups in total. The molecule has 1 aromatic rings. The zero-order chi connectivity index (χ0) is 17.1. The van der Waals surface area contributed by atoms with Crippen LogP contribution in [0.15, 0.2) is 24.3 Å². The predicted octanol–water partition coefficient (Wildman–Crippen LogP) is 4.35. The summed E-state index contributed by atoms with van der Waals surface area (Å²) in [6.07, 6.45) is 2.57. The lowest BCUT2D eigenvalue weighted by atomic mass is 10.0. The number of benzene rings is 1. The molecule has 2 saturated heterocycles. The van der Waals surface area contributed by atoms with Gasteiger partial charge in [-0.05, 0) is 31.9 Å². The zero-order valence-electron chi connectivity index (χ0n) is 15.8. The molecule has 2 heterocycles. The third-order valence-corrected chi connectivity index (χ3v) is 4.43. The third kappa shape index (κ3) is 6.15. The Hall–Kier alpha value is -1.06. The van der Waals surface area contributed by atoms with E-state index in [1.807, 2.05) is 27.7 Å². The van der Waals surface area contributed by atoms with Crippen molar-refractivity contribution in [2.24, 2.45) is 0 Å². The van der Waals surface area contributed by atoms with Crippen molar-refractivity contribution in [3.63, 3.8) is 0 Å². The van der Waals surface area contributed by atoms with Gasteiger partial charge in [0, 0.05) is 37.9 Å². The summed E-state index contributed by atoms with van der Waals surface area (Å²) in [5.74, 6) is 0. The van der Waals surface area contributed by atoms with Crippen molar-refractivity contribution in [3.05, 3.63) is 29.8 Å². The molecule has 1 aromatic carbocycles. The molecule has 0 aromatic heterocycles. The zero-order valence-corrected chi connectivity index (χ0v) is 15.8.